The van der Waals surface area contributed by atoms with E-state index in [0.717, 1.165) is 37.8 Å². The van der Waals surface area contributed by atoms with Gasteiger partial charge in [0.2, 0.25) is 0 Å². The Morgan fingerprint density at radius 1 is 1.22 bits per heavy atom. The molecule has 0 saturated heterocycles. The van der Waals surface area contributed by atoms with E-state index in [9.17, 15) is 18.4 Å². The molecule has 1 aliphatic heterocycles. The van der Waals surface area contributed by atoms with Crippen molar-refractivity contribution in [2.45, 2.75) is 51.5 Å². The summed E-state index contributed by atoms with van der Waals surface area (Å²) in [7, 11) is 0. The van der Waals surface area contributed by atoms with Gasteiger partial charge in [0.25, 0.3) is 0 Å². The van der Waals surface area contributed by atoms with Crippen LogP contribution in [-0.4, -0.2) is 24.3 Å². The predicted octanol–water partition coefficient (Wildman–Crippen LogP) is 4.32. The molecule has 1 aromatic rings. The molecule has 146 valence electrons. The summed E-state index contributed by atoms with van der Waals surface area (Å²) in [5.74, 6) is -3.00. The van der Waals surface area contributed by atoms with Crippen LogP contribution in [0.5, 0.6) is 0 Å². The van der Waals surface area contributed by atoms with Gasteiger partial charge in [-0.15, -0.1) is 0 Å². The van der Waals surface area contributed by atoms with Crippen LogP contribution in [0.2, 0.25) is 0 Å². The third-order valence-electron chi connectivity index (χ3n) is 5.32. The van der Waals surface area contributed by atoms with Gasteiger partial charge in [0, 0.05) is 5.71 Å². The Bertz CT molecular complexity index is 745. The van der Waals surface area contributed by atoms with Crippen molar-refractivity contribution in [1.29, 1.82) is 0 Å². The van der Waals surface area contributed by atoms with Crippen LogP contribution in [0, 0.1) is 23.5 Å². The molecule has 0 radical (unpaired) electrons. The number of amides is 2. The molecule has 5 nitrogen and oxygen atoms in total. The minimum atomic E-state index is -1.03. The van der Waals surface area contributed by atoms with E-state index in [2.05, 4.69) is 10.3 Å². The van der Waals surface area contributed by atoms with Gasteiger partial charge in [-0.1, -0.05) is 32.3 Å². The lowest BCUT2D eigenvalue weighted by molar-refractivity contribution is -0.148. The zero-order chi connectivity index (χ0) is 19.4. The molecule has 0 bridgehead atoms. The van der Waals surface area contributed by atoms with Gasteiger partial charge >= 0.3 is 12.0 Å². The summed E-state index contributed by atoms with van der Waals surface area (Å²) in [6, 6.07) is 1.92. The van der Waals surface area contributed by atoms with Crippen molar-refractivity contribution in [3.8, 4) is 0 Å². The second-order valence-corrected chi connectivity index (χ2v) is 7.17. The van der Waals surface area contributed by atoms with Crippen LogP contribution in [0.4, 0.5) is 13.6 Å². The Hall–Kier alpha value is -2.31. The Morgan fingerprint density at radius 2 is 1.96 bits per heavy atom. The quantitative estimate of drug-likeness (QED) is 0.776. The van der Waals surface area contributed by atoms with E-state index in [1.165, 1.54) is 12.5 Å². The molecule has 2 unspecified atom stereocenters. The number of urea groups is 1. The predicted molar refractivity (Wildman–Crippen MR) is 96.4 cm³/mol. The van der Waals surface area contributed by atoms with Crippen LogP contribution >= 0.6 is 0 Å². The summed E-state index contributed by atoms with van der Waals surface area (Å²) in [5.41, 5.74) is 0.699. The van der Waals surface area contributed by atoms with E-state index in [4.69, 9.17) is 4.74 Å². The van der Waals surface area contributed by atoms with Gasteiger partial charge in [0.05, 0.1) is 12.6 Å². The van der Waals surface area contributed by atoms with Crippen molar-refractivity contribution in [2.75, 3.05) is 6.61 Å². The molecule has 0 spiro atoms. The Morgan fingerprint density at radius 3 is 2.63 bits per heavy atom. The largest absolute Gasteiger partial charge is 0.465 e. The van der Waals surface area contributed by atoms with Crippen molar-refractivity contribution < 1.29 is 23.1 Å². The molecule has 1 aromatic carbocycles. The lowest BCUT2D eigenvalue weighted by atomic mass is 9.86. The SMILES string of the molecule is CCC1=NC(=O)NC(c2ccc(F)c(F)c2)C1C(=O)OCC1CCCCC1. The molecule has 1 aliphatic carbocycles. The number of nitrogens with one attached hydrogen (secondary N) is 1. The minimum Gasteiger partial charge on any atom is -0.465 e. The van der Waals surface area contributed by atoms with Crippen LogP contribution in [0.25, 0.3) is 0 Å². The Kier molecular flexibility index (Phi) is 6.19. The summed E-state index contributed by atoms with van der Waals surface area (Å²) in [6.07, 6.45) is 5.95. The van der Waals surface area contributed by atoms with Crippen LogP contribution in [-0.2, 0) is 9.53 Å². The number of halogens is 2. The monoisotopic (exact) mass is 378 g/mol. The molecule has 1 fully saturated rings. The topological polar surface area (TPSA) is 67.8 Å². The number of rotatable bonds is 5. The van der Waals surface area contributed by atoms with E-state index in [-0.39, 0.29) is 0 Å². The molecule has 2 amide bonds. The summed E-state index contributed by atoms with van der Waals surface area (Å²) >= 11 is 0. The number of carbonyl (C=O) groups is 2. The highest BCUT2D eigenvalue weighted by atomic mass is 19.2. The second-order valence-electron chi connectivity index (χ2n) is 7.17. The highest BCUT2D eigenvalue weighted by Gasteiger charge is 2.39. The smallest absolute Gasteiger partial charge is 0.341 e. The van der Waals surface area contributed by atoms with Crippen molar-refractivity contribution >= 4 is 17.7 Å². The van der Waals surface area contributed by atoms with Crippen molar-refractivity contribution in [1.82, 2.24) is 5.32 Å². The molecule has 27 heavy (non-hydrogen) atoms. The van der Waals surface area contributed by atoms with Gasteiger partial charge in [-0.05, 0) is 42.9 Å². The molecule has 1 heterocycles. The third-order valence-corrected chi connectivity index (χ3v) is 5.32. The number of nitrogens with zero attached hydrogens (tertiary/aromatic N) is 1. The number of aliphatic imine (C=N–C) groups is 1. The first-order valence-corrected chi connectivity index (χ1v) is 9.49. The highest BCUT2D eigenvalue weighted by molar-refractivity contribution is 6.09. The van der Waals surface area contributed by atoms with Gasteiger partial charge in [-0.2, -0.15) is 0 Å². The summed E-state index contributed by atoms with van der Waals surface area (Å²) in [6.45, 7) is 2.13. The molecule has 3 rings (SSSR count). The normalized spacial score (nSPS) is 23.5. The molecule has 1 N–H and O–H groups in total. The van der Waals surface area contributed by atoms with Crippen molar-refractivity contribution in [3.63, 3.8) is 0 Å². The molecule has 1 saturated carbocycles. The van der Waals surface area contributed by atoms with Crippen molar-refractivity contribution in [2.24, 2.45) is 16.8 Å². The summed E-state index contributed by atoms with van der Waals surface area (Å²) in [5, 5.41) is 2.60. The highest BCUT2D eigenvalue weighted by Crippen LogP contribution is 2.31. The lowest BCUT2D eigenvalue weighted by Gasteiger charge is -2.31. The maximum absolute atomic E-state index is 13.7. The maximum Gasteiger partial charge on any atom is 0.341 e. The van der Waals surface area contributed by atoms with E-state index in [1.54, 1.807) is 6.92 Å². The Labute approximate surface area is 157 Å². The zero-order valence-corrected chi connectivity index (χ0v) is 15.3. The van der Waals surface area contributed by atoms with E-state index >= 15 is 0 Å². The fraction of sp³-hybridized carbons (Fsp3) is 0.550. The van der Waals surface area contributed by atoms with Gasteiger partial charge < -0.3 is 10.1 Å². The van der Waals surface area contributed by atoms with E-state index in [1.807, 2.05) is 0 Å². The number of carbonyl (C=O) groups excluding carboxylic acids is 2. The number of hydrogen-bond donors (Lipinski definition) is 1. The number of hydrogen-bond acceptors (Lipinski definition) is 3. The van der Waals surface area contributed by atoms with Gasteiger partial charge in [-0.3, -0.25) is 4.79 Å². The number of benzene rings is 1. The van der Waals surface area contributed by atoms with Gasteiger partial charge in [0.1, 0.15) is 5.92 Å². The van der Waals surface area contributed by atoms with Gasteiger partial charge in [-0.25, -0.2) is 18.6 Å². The van der Waals surface area contributed by atoms with Crippen molar-refractivity contribution in [3.05, 3.63) is 35.4 Å². The number of esters is 1. The van der Waals surface area contributed by atoms with Crippen LogP contribution in [0.1, 0.15) is 57.1 Å². The average Bonchev–Trinajstić information content (AvgIpc) is 2.68. The third kappa shape index (κ3) is 4.51. The van der Waals surface area contributed by atoms with Gasteiger partial charge in [0.15, 0.2) is 11.6 Å². The lowest BCUT2D eigenvalue weighted by Crippen LogP contribution is -2.45. The first-order valence-electron chi connectivity index (χ1n) is 9.49. The molecule has 2 atom stereocenters. The van der Waals surface area contributed by atoms with E-state index < -0.39 is 35.6 Å². The molecular formula is C20H24F2N2O3. The molecule has 7 heteroatoms. The fourth-order valence-corrected chi connectivity index (χ4v) is 3.84. The standard InChI is InChI=1S/C20H24F2N2O3/c1-2-16-17(19(25)27-11-12-6-4-3-5-7-12)18(24-20(26)23-16)13-8-9-14(21)15(22)10-13/h8-10,12,17-18H,2-7,11H2,1H3,(H,24,26). The fourth-order valence-electron chi connectivity index (χ4n) is 3.84. The molecule has 2 aliphatic rings. The summed E-state index contributed by atoms with van der Waals surface area (Å²) in [4.78, 5) is 28.7. The Balaban J connectivity index is 1.81. The molecule has 0 aromatic heterocycles. The zero-order valence-electron chi connectivity index (χ0n) is 15.3. The molecular weight excluding hydrogens is 354 g/mol. The average molecular weight is 378 g/mol. The van der Waals surface area contributed by atoms with Crippen LogP contribution in [0.3, 0.4) is 0 Å². The van der Waals surface area contributed by atoms with Crippen LogP contribution < -0.4 is 5.32 Å². The summed E-state index contributed by atoms with van der Waals surface area (Å²) < 4.78 is 32.5. The second kappa shape index (κ2) is 8.59. The first-order chi connectivity index (χ1) is 13.0. The number of ether oxygens (including phenoxy) is 1. The van der Waals surface area contributed by atoms with E-state index in [0.29, 0.717) is 30.2 Å². The minimum absolute atomic E-state index is 0.308. The maximum atomic E-state index is 13.7. The van der Waals surface area contributed by atoms with Crippen LogP contribution in [0.15, 0.2) is 23.2 Å². The first kappa shape index (κ1) is 19.5.